The van der Waals surface area contributed by atoms with Crippen molar-refractivity contribution in [1.29, 1.82) is 0 Å². The van der Waals surface area contributed by atoms with Gasteiger partial charge in [-0.3, -0.25) is 0 Å². The Bertz CT molecular complexity index is 8420. The molecular weight excluding hydrogens is 1670 g/mol. The smallest absolute Gasteiger partial charge is 0.0491 e. The van der Waals surface area contributed by atoms with E-state index in [0.29, 0.717) is 0 Å². The highest BCUT2D eigenvalue weighted by Crippen LogP contribution is 2.57. The van der Waals surface area contributed by atoms with Crippen LogP contribution in [0.3, 0.4) is 0 Å². The van der Waals surface area contributed by atoms with Crippen LogP contribution in [0.25, 0.3) is 168 Å². The number of benzene rings is 22. The monoisotopic (exact) mass is 1760 g/mol. The van der Waals surface area contributed by atoms with E-state index >= 15 is 0 Å². The average molecular weight is 1760 g/mol. The molecule has 8 heteroatoms. The number of anilines is 12. The van der Waals surface area contributed by atoms with Crippen LogP contribution in [-0.2, 0) is 0 Å². The summed E-state index contributed by atoms with van der Waals surface area (Å²) in [6.45, 7) is 17.6. The first-order chi connectivity index (χ1) is 64.7. The molecule has 132 heavy (non-hydrogen) atoms. The van der Waals surface area contributed by atoms with Gasteiger partial charge >= 0.3 is 0 Å². The summed E-state index contributed by atoms with van der Waals surface area (Å²) in [7, 11) is 0. The van der Waals surface area contributed by atoms with Crippen molar-refractivity contribution in [3.63, 3.8) is 0 Å². The maximum Gasteiger partial charge on any atom is 0.0491 e. The summed E-state index contributed by atoms with van der Waals surface area (Å²) in [5.74, 6) is 0. The Morgan fingerprint density at radius 3 is 0.712 bits per heavy atom. The minimum Gasteiger partial charge on any atom is -0.310 e. The van der Waals surface area contributed by atoms with E-state index in [-0.39, 0.29) is 0 Å². The first-order valence-electron chi connectivity index (χ1n) is 45.5. The number of fused-ring (bicyclic) bond motifs is 16. The average Bonchev–Trinajstić information content (AvgIpc) is 1.44. The lowest BCUT2D eigenvalue weighted by Gasteiger charge is -2.29. The van der Waals surface area contributed by atoms with Crippen molar-refractivity contribution in [2.45, 2.75) is 55.4 Å². The second kappa shape index (κ2) is 31.4. The normalized spacial score (nSPS) is 11.9. The topological polar surface area (TPSA) is 13.0 Å². The van der Waals surface area contributed by atoms with E-state index in [4.69, 9.17) is 0 Å². The van der Waals surface area contributed by atoms with E-state index < -0.39 is 0 Å². The Hall–Kier alpha value is -15.0. The molecule has 4 aromatic heterocycles. The second-order valence-corrected chi connectivity index (χ2v) is 40.1. The van der Waals surface area contributed by atoms with Crippen molar-refractivity contribution in [2.24, 2.45) is 0 Å². The number of hydrogen-bond donors (Lipinski definition) is 0. The van der Waals surface area contributed by atoms with Crippen molar-refractivity contribution >= 4 is 259 Å². The summed E-state index contributed by atoms with van der Waals surface area (Å²) in [4.78, 5) is 9.64. The predicted molar refractivity (Wildman–Crippen MR) is 579 cm³/mol. The minimum atomic E-state index is 1.13. The molecule has 0 aliphatic heterocycles. The molecule has 628 valence electrons. The molecule has 26 rings (SSSR count). The zero-order valence-electron chi connectivity index (χ0n) is 74.4. The predicted octanol–water partition coefficient (Wildman–Crippen LogP) is 38.3. The van der Waals surface area contributed by atoms with Crippen molar-refractivity contribution in [2.75, 3.05) is 19.6 Å². The number of thiophene rings is 4. The summed E-state index contributed by atoms with van der Waals surface area (Å²) in [5, 5.41) is 26.4. The van der Waals surface area contributed by atoms with E-state index in [1.54, 1.807) is 0 Å². The van der Waals surface area contributed by atoms with E-state index in [2.05, 4.69) is 463 Å². The molecule has 0 N–H and O–H groups in total. The standard InChI is InChI=1S/C64H40N2S2.C60H48N2S2/c1-7-19-41(20-8-1)51-37-57-62-54(40-56-50-34-32-48(36-60(50)67-63(56)57)66(45-27-15-5-16-28-45)46-29-17-6-18-30-46)52(42-21-9-2-10-22-42)38-58-61(62)53(51)39-55-49-33-31-47(35-59(49)68-64(55)58)65(43-23-11-3-12-24-43)44-25-13-4-14-26-44;1-33-9-21-51(37(5)25-33)61(52-22-10-34(2)26-38(52)6)43-15-19-45-49-29-41-14-18-48-58-42(13-17-47(57(41)58)59(49)63-55(45)31-43)30-50-46-20-16-44(32-56(46)64-60(48)50)62(53-23-11-35(3)27-39(53)7)54-24-12-36(4)28-40(54)8/h1-40H;9-32H,1-8H3. The van der Waals surface area contributed by atoms with Gasteiger partial charge in [0.15, 0.2) is 0 Å². The number of rotatable bonds is 14. The number of hydrogen-bond acceptors (Lipinski definition) is 8. The fraction of sp³-hybridized carbons (Fsp3) is 0.0645. The lowest BCUT2D eigenvalue weighted by Crippen LogP contribution is -2.12. The van der Waals surface area contributed by atoms with E-state index in [0.717, 1.165) is 34.1 Å². The highest BCUT2D eigenvalue weighted by Gasteiger charge is 2.29. The minimum absolute atomic E-state index is 1.13. The summed E-state index contributed by atoms with van der Waals surface area (Å²) in [6.07, 6.45) is 0. The first-order valence-corrected chi connectivity index (χ1v) is 48.7. The maximum atomic E-state index is 2.52. The van der Waals surface area contributed by atoms with Crippen molar-refractivity contribution in [3.8, 4) is 22.3 Å². The maximum absolute atomic E-state index is 2.52. The molecule has 0 atom stereocenters. The molecule has 0 aliphatic rings. The van der Waals surface area contributed by atoms with Crippen LogP contribution in [0.15, 0.2) is 388 Å². The summed E-state index contributed by atoms with van der Waals surface area (Å²) >= 11 is 7.71. The Labute approximate surface area is 782 Å². The molecule has 4 heterocycles. The molecule has 0 fully saturated rings. The number of aryl methyl sites for hydroxylation is 8. The van der Waals surface area contributed by atoms with E-state index in [1.165, 1.54) is 246 Å². The molecule has 22 aromatic carbocycles. The van der Waals surface area contributed by atoms with Gasteiger partial charge in [0.25, 0.3) is 0 Å². The van der Waals surface area contributed by atoms with Gasteiger partial charge in [-0.2, -0.15) is 0 Å². The van der Waals surface area contributed by atoms with Crippen LogP contribution >= 0.6 is 45.3 Å². The third kappa shape index (κ3) is 13.0. The Morgan fingerprint density at radius 2 is 0.424 bits per heavy atom. The molecule has 26 aromatic rings. The Morgan fingerprint density at radius 1 is 0.167 bits per heavy atom. The Balaban J connectivity index is 0.000000142. The number of nitrogens with zero attached hydrogens (tertiary/aromatic N) is 4. The molecule has 0 aliphatic carbocycles. The molecule has 0 radical (unpaired) electrons. The van der Waals surface area contributed by atoms with Gasteiger partial charge in [-0.1, -0.05) is 253 Å². The van der Waals surface area contributed by atoms with Gasteiger partial charge in [-0.25, -0.2) is 0 Å². The zero-order chi connectivity index (χ0) is 88.4. The Kier molecular flexibility index (Phi) is 18.8. The van der Waals surface area contributed by atoms with Crippen LogP contribution in [0.2, 0.25) is 0 Å². The highest BCUT2D eigenvalue weighted by atomic mass is 32.1. The van der Waals surface area contributed by atoms with Gasteiger partial charge in [-0.05, 0) is 301 Å². The summed E-state index contributed by atoms with van der Waals surface area (Å²) in [6, 6.07) is 145. The largest absolute Gasteiger partial charge is 0.310 e. The van der Waals surface area contributed by atoms with Crippen LogP contribution in [0.1, 0.15) is 44.5 Å². The van der Waals surface area contributed by atoms with Gasteiger partial charge in [0.1, 0.15) is 0 Å². The fourth-order valence-electron chi connectivity index (χ4n) is 21.4. The van der Waals surface area contributed by atoms with E-state index in [9.17, 15) is 0 Å². The van der Waals surface area contributed by atoms with Crippen molar-refractivity contribution in [3.05, 3.63) is 433 Å². The molecule has 0 saturated carbocycles. The van der Waals surface area contributed by atoms with Gasteiger partial charge in [0.05, 0.1) is 0 Å². The third-order valence-electron chi connectivity index (χ3n) is 27.3. The summed E-state index contributed by atoms with van der Waals surface area (Å²) in [5.41, 5.74) is 29.2. The lowest BCUT2D eigenvalue weighted by molar-refractivity contribution is 1.21. The van der Waals surface area contributed by atoms with Gasteiger partial charge in [0, 0.05) is 170 Å². The van der Waals surface area contributed by atoms with Crippen molar-refractivity contribution < 1.29 is 0 Å². The molecule has 0 spiro atoms. The zero-order valence-corrected chi connectivity index (χ0v) is 77.6. The van der Waals surface area contributed by atoms with Crippen LogP contribution in [-0.4, -0.2) is 0 Å². The molecule has 0 unspecified atom stereocenters. The first kappa shape index (κ1) is 79.2. The fourth-order valence-corrected chi connectivity index (χ4v) is 26.4. The third-order valence-corrected chi connectivity index (χ3v) is 32.2. The highest BCUT2D eigenvalue weighted by molar-refractivity contribution is 7.28. The quantitative estimate of drug-likeness (QED) is 0.101. The van der Waals surface area contributed by atoms with Crippen LogP contribution in [0.5, 0.6) is 0 Å². The van der Waals surface area contributed by atoms with Gasteiger partial charge in [-0.15, -0.1) is 45.3 Å². The van der Waals surface area contributed by atoms with Crippen LogP contribution in [0.4, 0.5) is 68.2 Å². The van der Waals surface area contributed by atoms with Crippen LogP contribution in [0, 0.1) is 55.4 Å². The molecule has 0 amide bonds. The van der Waals surface area contributed by atoms with E-state index in [1.807, 2.05) is 45.3 Å². The lowest BCUT2D eigenvalue weighted by atomic mass is 9.84. The molecule has 0 saturated heterocycles. The van der Waals surface area contributed by atoms with Crippen molar-refractivity contribution in [1.82, 2.24) is 0 Å². The SMILES string of the molecule is Cc1ccc(N(c2ccc3c(c2)sc2c3cc3ccc4c5sc6cc(N(c7ccc(C)cc7C)c7ccc(C)cc7C)ccc6c5cc5ccc2c3c54)c2ccc(C)cc2C)c(C)c1.c1ccc(-c2cc3c4sc5cc(N(c6ccccc6)c6ccccc6)ccc5c4cc4c(-c5ccccc5)cc5c6sc7cc(N(c8ccccc8)c8ccccc8)ccc7c6cc2c5c43)cc1. The summed E-state index contributed by atoms with van der Waals surface area (Å²) < 4.78 is 10.5. The number of para-hydroxylation sites is 4. The molecule has 0 bridgehead atoms. The second-order valence-electron chi connectivity index (χ2n) is 35.9. The molecule has 4 nitrogen and oxygen atoms in total. The van der Waals surface area contributed by atoms with Gasteiger partial charge < -0.3 is 19.6 Å². The van der Waals surface area contributed by atoms with Crippen LogP contribution < -0.4 is 19.6 Å². The van der Waals surface area contributed by atoms with Gasteiger partial charge in [0.2, 0.25) is 0 Å². The molecular formula is C124H88N4S4.